The van der Waals surface area contributed by atoms with Crippen molar-refractivity contribution in [3.05, 3.63) is 59.7 Å². The van der Waals surface area contributed by atoms with Crippen LogP contribution in [-0.4, -0.2) is 34.1 Å². The summed E-state index contributed by atoms with van der Waals surface area (Å²) in [6.45, 7) is 6.02. The number of fused-ring (bicyclic) bond motifs is 1. The Morgan fingerprint density at radius 1 is 1.00 bits per heavy atom. The lowest BCUT2D eigenvalue weighted by Gasteiger charge is -2.19. The largest absolute Gasteiger partial charge is 0.374 e. The molecule has 1 saturated heterocycles. The molecule has 2 fully saturated rings. The quantitative estimate of drug-likeness (QED) is 0.847. The first-order chi connectivity index (χ1) is 11.8. The molecule has 0 N–H and O–H groups in total. The summed E-state index contributed by atoms with van der Waals surface area (Å²) in [7, 11) is 0. The van der Waals surface area contributed by atoms with Gasteiger partial charge >= 0.3 is 0 Å². The molecule has 1 aromatic heterocycles. The molecule has 4 heteroatoms. The van der Waals surface area contributed by atoms with Gasteiger partial charge in [0.05, 0.1) is 12.7 Å². The second-order valence-corrected chi connectivity index (χ2v) is 7.24. The molecule has 2 heterocycles. The van der Waals surface area contributed by atoms with E-state index < -0.39 is 0 Å². The molecule has 4 nitrogen and oxygen atoms in total. The van der Waals surface area contributed by atoms with Crippen molar-refractivity contribution in [1.82, 2.24) is 14.9 Å². The molecule has 126 valence electrons. The summed E-state index contributed by atoms with van der Waals surface area (Å²) < 4.78 is 6.15. The van der Waals surface area contributed by atoms with Gasteiger partial charge in [-0.25, -0.2) is 9.97 Å². The van der Waals surface area contributed by atoms with Crippen LogP contribution in [0.2, 0.25) is 0 Å². The van der Waals surface area contributed by atoms with Crippen LogP contribution in [0.25, 0.3) is 0 Å². The zero-order valence-electron chi connectivity index (χ0n) is 14.3. The number of aromatic nitrogens is 2. The van der Waals surface area contributed by atoms with E-state index in [1.807, 2.05) is 19.3 Å². The third kappa shape index (κ3) is 3.65. The summed E-state index contributed by atoms with van der Waals surface area (Å²) in [5.74, 6) is 2.42. The number of hydrogen-bond donors (Lipinski definition) is 0. The fourth-order valence-corrected chi connectivity index (χ4v) is 4.15. The van der Waals surface area contributed by atoms with Gasteiger partial charge in [0.1, 0.15) is 5.82 Å². The molecule has 24 heavy (non-hydrogen) atoms. The number of likely N-dealkylation sites (tertiary alicyclic amines) is 1. The summed E-state index contributed by atoms with van der Waals surface area (Å²) in [5, 5.41) is 0. The van der Waals surface area contributed by atoms with Crippen LogP contribution >= 0.6 is 0 Å². The average molecular weight is 323 g/mol. The zero-order chi connectivity index (χ0) is 16.4. The highest BCUT2D eigenvalue weighted by atomic mass is 16.5. The normalized spacial score (nSPS) is 26.6. The number of rotatable bonds is 5. The van der Waals surface area contributed by atoms with Crippen molar-refractivity contribution in [1.29, 1.82) is 0 Å². The number of nitrogens with zero attached hydrogens (tertiary/aromatic N) is 3. The lowest BCUT2D eigenvalue weighted by atomic mass is 10.0. The Bertz CT molecular complexity index is 644. The second kappa shape index (κ2) is 6.99. The van der Waals surface area contributed by atoms with Crippen molar-refractivity contribution in [2.45, 2.75) is 39.0 Å². The highest BCUT2D eigenvalue weighted by Gasteiger charge is 2.41. The van der Waals surface area contributed by atoms with E-state index in [-0.39, 0.29) is 0 Å². The van der Waals surface area contributed by atoms with Crippen molar-refractivity contribution in [2.75, 3.05) is 13.1 Å². The molecule has 1 aliphatic heterocycles. The molecular formula is C20H25N3O. The van der Waals surface area contributed by atoms with Crippen LogP contribution in [0.3, 0.4) is 0 Å². The standard InChI is InChI=1S/C20H25N3O/c1-15-21-9-17(10-22-15)11-23-12-18-7-20(8-19(18)13-23)24-14-16-5-3-2-4-6-16/h2-6,9-10,18-20H,7-8,11-14H2,1H3/t18-,19+,20?. The van der Waals surface area contributed by atoms with Gasteiger partial charge < -0.3 is 4.74 Å². The first-order valence-corrected chi connectivity index (χ1v) is 8.91. The highest BCUT2D eigenvalue weighted by Crippen LogP contribution is 2.40. The Morgan fingerprint density at radius 2 is 1.67 bits per heavy atom. The topological polar surface area (TPSA) is 38.2 Å². The van der Waals surface area contributed by atoms with E-state index in [2.05, 4.69) is 45.2 Å². The Kier molecular flexibility index (Phi) is 4.58. The summed E-state index contributed by atoms with van der Waals surface area (Å²) in [5.41, 5.74) is 2.49. The summed E-state index contributed by atoms with van der Waals surface area (Å²) in [6, 6.07) is 10.5. The van der Waals surface area contributed by atoms with Crippen molar-refractivity contribution in [3.63, 3.8) is 0 Å². The lowest BCUT2D eigenvalue weighted by Crippen LogP contribution is -2.23. The summed E-state index contributed by atoms with van der Waals surface area (Å²) >= 11 is 0. The maximum atomic E-state index is 6.15. The molecule has 2 aliphatic rings. The number of hydrogen-bond acceptors (Lipinski definition) is 4. The monoisotopic (exact) mass is 323 g/mol. The van der Waals surface area contributed by atoms with Gasteiger partial charge in [-0.15, -0.1) is 0 Å². The molecular weight excluding hydrogens is 298 g/mol. The van der Waals surface area contributed by atoms with E-state index >= 15 is 0 Å². The highest BCUT2D eigenvalue weighted by molar-refractivity contribution is 5.13. The van der Waals surface area contributed by atoms with E-state index in [1.165, 1.54) is 37.1 Å². The predicted octanol–water partition coefficient (Wildman–Crippen LogP) is 3.21. The smallest absolute Gasteiger partial charge is 0.125 e. The maximum absolute atomic E-state index is 6.15. The first-order valence-electron chi connectivity index (χ1n) is 8.91. The third-order valence-electron chi connectivity index (χ3n) is 5.35. The molecule has 2 aromatic rings. The van der Waals surface area contributed by atoms with Gasteiger partial charge in [0, 0.05) is 37.6 Å². The average Bonchev–Trinajstić information content (AvgIpc) is 3.14. The Balaban J connectivity index is 1.25. The Hall–Kier alpha value is -1.78. The molecule has 0 spiro atoms. The van der Waals surface area contributed by atoms with Gasteiger partial charge in [0.15, 0.2) is 0 Å². The maximum Gasteiger partial charge on any atom is 0.125 e. The van der Waals surface area contributed by atoms with E-state index in [0.717, 1.165) is 30.8 Å². The molecule has 1 saturated carbocycles. The van der Waals surface area contributed by atoms with Gasteiger partial charge in [-0.1, -0.05) is 30.3 Å². The zero-order valence-corrected chi connectivity index (χ0v) is 14.3. The summed E-state index contributed by atoms with van der Waals surface area (Å²) in [6.07, 6.45) is 6.77. The van der Waals surface area contributed by atoms with Crippen LogP contribution in [0.5, 0.6) is 0 Å². The summed E-state index contributed by atoms with van der Waals surface area (Å²) in [4.78, 5) is 11.2. The fourth-order valence-electron chi connectivity index (χ4n) is 4.15. The first kappa shape index (κ1) is 15.7. The molecule has 1 aromatic carbocycles. The van der Waals surface area contributed by atoms with Crippen LogP contribution in [0.1, 0.15) is 29.8 Å². The van der Waals surface area contributed by atoms with Crippen LogP contribution in [-0.2, 0) is 17.9 Å². The number of ether oxygens (including phenoxy) is 1. The van der Waals surface area contributed by atoms with Crippen molar-refractivity contribution < 1.29 is 4.74 Å². The van der Waals surface area contributed by atoms with E-state index in [4.69, 9.17) is 4.74 Å². The van der Waals surface area contributed by atoms with Gasteiger partial charge in [0.2, 0.25) is 0 Å². The fraction of sp³-hybridized carbons (Fsp3) is 0.500. The Labute approximate surface area is 143 Å². The lowest BCUT2D eigenvalue weighted by molar-refractivity contribution is 0.0373. The van der Waals surface area contributed by atoms with Gasteiger partial charge in [-0.3, -0.25) is 4.90 Å². The van der Waals surface area contributed by atoms with E-state index in [0.29, 0.717) is 6.10 Å². The van der Waals surface area contributed by atoms with Crippen molar-refractivity contribution >= 4 is 0 Å². The molecule has 0 bridgehead atoms. The van der Waals surface area contributed by atoms with Gasteiger partial charge in [0.25, 0.3) is 0 Å². The number of benzene rings is 1. The second-order valence-electron chi connectivity index (χ2n) is 7.24. The minimum atomic E-state index is 0.435. The van der Waals surface area contributed by atoms with Crippen LogP contribution in [0, 0.1) is 18.8 Å². The van der Waals surface area contributed by atoms with E-state index in [9.17, 15) is 0 Å². The van der Waals surface area contributed by atoms with Crippen LogP contribution in [0.15, 0.2) is 42.7 Å². The Morgan fingerprint density at radius 3 is 2.33 bits per heavy atom. The van der Waals surface area contributed by atoms with Crippen LogP contribution < -0.4 is 0 Å². The van der Waals surface area contributed by atoms with Gasteiger partial charge in [-0.05, 0) is 37.2 Å². The van der Waals surface area contributed by atoms with Crippen molar-refractivity contribution in [2.24, 2.45) is 11.8 Å². The number of aryl methyl sites for hydroxylation is 1. The SMILES string of the molecule is Cc1ncc(CN2C[C@H]3CC(OCc4ccccc4)C[C@H]3C2)cn1. The third-order valence-corrected chi connectivity index (χ3v) is 5.35. The predicted molar refractivity (Wildman–Crippen MR) is 93.3 cm³/mol. The molecule has 0 radical (unpaired) electrons. The minimum absolute atomic E-state index is 0.435. The molecule has 4 rings (SSSR count). The molecule has 1 unspecified atom stereocenters. The van der Waals surface area contributed by atoms with Crippen molar-refractivity contribution in [3.8, 4) is 0 Å². The minimum Gasteiger partial charge on any atom is -0.374 e. The molecule has 1 aliphatic carbocycles. The van der Waals surface area contributed by atoms with Crippen LogP contribution in [0.4, 0.5) is 0 Å². The van der Waals surface area contributed by atoms with Gasteiger partial charge in [-0.2, -0.15) is 0 Å². The van der Waals surface area contributed by atoms with E-state index in [1.54, 1.807) is 0 Å². The molecule has 3 atom stereocenters. The molecule has 0 amide bonds.